The van der Waals surface area contributed by atoms with Crippen LogP contribution >= 0.6 is 11.8 Å². The van der Waals surface area contributed by atoms with Crippen molar-refractivity contribution in [3.63, 3.8) is 0 Å². The maximum Gasteiger partial charge on any atom is 0.332 e. The normalized spacial score (nSPS) is 10.9. The van der Waals surface area contributed by atoms with E-state index in [1.165, 1.54) is 30.5 Å². The Balaban J connectivity index is 1.93. The second kappa shape index (κ2) is 7.89. The minimum atomic E-state index is -0.446. The van der Waals surface area contributed by atoms with Crippen molar-refractivity contribution in [1.82, 2.24) is 14.1 Å². The van der Waals surface area contributed by atoms with Gasteiger partial charge in [-0.1, -0.05) is 12.1 Å². The number of benzene rings is 1. The molecule has 0 aliphatic rings. The number of carbonyl (C=O) groups is 1. The second-order valence-electron chi connectivity index (χ2n) is 6.21. The molecule has 3 aromatic rings. The van der Waals surface area contributed by atoms with Crippen LogP contribution in [0.3, 0.4) is 0 Å². The molecule has 0 aliphatic heterocycles. The smallest absolute Gasteiger partial charge is 0.332 e. The highest BCUT2D eigenvalue weighted by Crippen LogP contribution is 2.28. The molecule has 0 atom stereocenters. The van der Waals surface area contributed by atoms with Gasteiger partial charge in [-0.05, 0) is 24.6 Å². The van der Waals surface area contributed by atoms with E-state index in [0.717, 1.165) is 10.1 Å². The first-order chi connectivity index (χ1) is 13.3. The SMILES string of the molecule is COc1ccccc1NC(=O)CSc1c(C)cnc2c1c(=O)n(C)c(=O)n2C. The van der Waals surface area contributed by atoms with Gasteiger partial charge in [0.05, 0.1) is 23.9 Å². The summed E-state index contributed by atoms with van der Waals surface area (Å²) in [5, 5.41) is 3.14. The number of fused-ring (bicyclic) bond motifs is 1. The highest BCUT2D eigenvalue weighted by Gasteiger charge is 2.17. The predicted molar refractivity (Wildman–Crippen MR) is 109 cm³/mol. The molecule has 1 amide bonds. The van der Waals surface area contributed by atoms with Crippen LogP contribution in [-0.2, 0) is 18.9 Å². The number of thioether (sulfide) groups is 1. The molecule has 0 spiro atoms. The lowest BCUT2D eigenvalue weighted by Gasteiger charge is -2.13. The zero-order chi connectivity index (χ0) is 20.4. The number of amides is 1. The van der Waals surface area contributed by atoms with E-state index in [-0.39, 0.29) is 11.7 Å². The van der Waals surface area contributed by atoms with E-state index >= 15 is 0 Å². The van der Waals surface area contributed by atoms with Crippen molar-refractivity contribution in [2.24, 2.45) is 14.1 Å². The number of hydrogen-bond donors (Lipinski definition) is 1. The zero-order valence-corrected chi connectivity index (χ0v) is 16.8. The topological polar surface area (TPSA) is 95.2 Å². The van der Waals surface area contributed by atoms with Crippen LogP contribution < -0.4 is 21.3 Å². The van der Waals surface area contributed by atoms with E-state index in [1.54, 1.807) is 31.4 Å². The van der Waals surface area contributed by atoms with Crippen molar-refractivity contribution in [2.75, 3.05) is 18.2 Å². The van der Waals surface area contributed by atoms with Gasteiger partial charge in [0.25, 0.3) is 5.56 Å². The van der Waals surface area contributed by atoms with Gasteiger partial charge in [0, 0.05) is 25.2 Å². The first-order valence-corrected chi connectivity index (χ1v) is 9.44. The van der Waals surface area contributed by atoms with Crippen LogP contribution in [0.25, 0.3) is 11.0 Å². The Bertz CT molecular complexity index is 1180. The van der Waals surface area contributed by atoms with E-state index in [0.29, 0.717) is 27.4 Å². The molecule has 0 fully saturated rings. The van der Waals surface area contributed by atoms with E-state index in [2.05, 4.69) is 10.3 Å². The maximum atomic E-state index is 12.7. The summed E-state index contributed by atoms with van der Waals surface area (Å²) in [7, 11) is 4.52. The Morgan fingerprint density at radius 3 is 2.64 bits per heavy atom. The number of anilines is 1. The number of methoxy groups -OCH3 is 1. The lowest BCUT2D eigenvalue weighted by molar-refractivity contribution is -0.113. The van der Waals surface area contributed by atoms with E-state index in [9.17, 15) is 14.4 Å². The molecule has 0 saturated heterocycles. The Hall–Kier alpha value is -3.07. The molecule has 146 valence electrons. The highest BCUT2D eigenvalue weighted by atomic mass is 32.2. The van der Waals surface area contributed by atoms with Gasteiger partial charge in [-0.15, -0.1) is 11.8 Å². The molecule has 1 N–H and O–H groups in total. The van der Waals surface area contributed by atoms with Crippen LogP contribution in [0.5, 0.6) is 5.75 Å². The fourth-order valence-corrected chi connectivity index (χ4v) is 3.81. The van der Waals surface area contributed by atoms with Crippen molar-refractivity contribution in [2.45, 2.75) is 11.8 Å². The van der Waals surface area contributed by atoms with Crippen molar-refractivity contribution in [3.05, 3.63) is 56.9 Å². The molecule has 2 heterocycles. The number of aromatic nitrogens is 3. The average molecular weight is 400 g/mol. The largest absolute Gasteiger partial charge is 0.495 e. The number of ether oxygens (including phenoxy) is 1. The van der Waals surface area contributed by atoms with Crippen molar-refractivity contribution < 1.29 is 9.53 Å². The minimum absolute atomic E-state index is 0.0873. The first-order valence-electron chi connectivity index (χ1n) is 8.46. The van der Waals surface area contributed by atoms with Crippen molar-refractivity contribution in [1.29, 1.82) is 0 Å². The minimum Gasteiger partial charge on any atom is -0.495 e. The standard InChI is InChI=1S/C19H20N4O4S/c1-11-9-20-17-15(18(25)23(3)19(26)22(17)2)16(11)28-10-14(24)21-12-7-5-6-8-13(12)27-4/h5-9H,10H2,1-4H3,(H,21,24). The Kier molecular flexibility index (Phi) is 5.55. The van der Waals surface area contributed by atoms with Crippen LogP contribution in [0.15, 0.2) is 44.9 Å². The summed E-state index contributed by atoms with van der Waals surface area (Å²) in [6.45, 7) is 1.82. The molecule has 3 rings (SSSR count). The highest BCUT2D eigenvalue weighted by molar-refractivity contribution is 8.00. The van der Waals surface area contributed by atoms with Crippen molar-refractivity contribution >= 4 is 34.4 Å². The lowest BCUT2D eigenvalue weighted by Crippen LogP contribution is -2.37. The summed E-state index contributed by atoms with van der Waals surface area (Å²) in [6, 6.07) is 7.12. The lowest BCUT2D eigenvalue weighted by atomic mass is 10.2. The number of nitrogens with zero attached hydrogens (tertiary/aromatic N) is 3. The molecule has 0 unspecified atom stereocenters. The Morgan fingerprint density at radius 1 is 1.21 bits per heavy atom. The van der Waals surface area contributed by atoms with Gasteiger partial charge >= 0.3 is 5.69 Å². The Labute approximate surface area is 165 Å². The number of rotatable bonds is 5. The number of carbonyl (C=O) groups excluding carboxylic acids is 1. The molecule has 1 aromatic carbocycles. The maximum absolute atomic E-state index is 12.7. The third-order valence-electron chi connectivity index (χ3n) is 4.33. The fourth-order valence-electron chi connectivity index (χ4n) is 2.86. The molecule has 9 heteroatoms. The van der Waals surface area contributed by atoms with E-state index < -0.39 is 11.2 Å². The van der Waals surface area contributed by atoms with Gasteiger partial charge in [-0.2, -0.15) is 0 Å². The van der Waals surface area contributed by atoms with Gasteiger partial charge in [0.1, 0.15) is 11.4 Å². The van der Waals surface area contributed by atoms with Crippen LogP contribution in [0.4, 0.5) is 5.69 Å². The summed E-state index contributed by atoms with van der Waals surface area (Å²) >= 11 is 1.23. The molecule has 0 saturated carbocycles. The molecule has 0 radical (unpaired) electrons. The summed E-state index contributed by atoms with van der Waals surface area (Å²) < 4.78 is 7.61. The fraction of sp³-hybridized carbons (Fsp3) is 0.263. The summed E-state index contributed by atoms with van der Waals surface area (Å²) in [5.41, 5.74) is 0.760. The zero-order valence-electron chi connectivity index (χ0n) is 16.0. The summed E-state index contributed by atoms with van der Waals surface area (Å²) in [6.07, 6.45) is 1.60. The average Bonchev–Trinajstić information content (AvgIpc) is 2.69. The third kappa shape index (κ3) is 3.53. The number of hydrogen-bond acceptors (Lipinski definition) is 6. The quantitative estimate of drug-likeness (QED) is 0.655. The molecule has 0 bridgehead atoms. The Morgan fingerprint density at radius 2 is 1.93 bits per heavy atom. The first kappa shape index (κ1) is 19.7. The molecule has 8 nitrogen and oxygen atoms in total. The number of nitrogens with one attached hydrogen (secondary N) is 1. The van der Waals surface area contributed by atoms with Gasteiger partial charge in [0.15, 0.2) is 0 Å². The number of para-hydroxylation sites is 2. The monoisotopic (exact) mass is 400 g/mol. The van der Waals surface area contributed by atoms with Crippen molar-refractivity contribution in [3.8, 4) is 5.75 Å². The van der Waals surface area contributed by atoms with Crippen LogP contribution in [0.2, 0.25) is 0 Å². The number of pyridine rings is 1. The molecular formula is C19H20N4O4S. The summed E-state index contributed by atoms with van der Waals surface area (Å²) in [4.78, 5) is 42.1. The summed E-state index contributed by atoms with van der Waals surface area (Å²) in [5.74, 6) is 0.417. The predicted octanol–water partition coefficient (Wildman–Crippen LogP) is 1.68. The van der Waals surface area contributed by atoms with Gasteiger partial charge in [-0.25, -0.2) is 9.78 Å². The van der Waals surface area contributed by atoms with Crippen LogP contribution in [0.1, 0.15) is 5.56 Å². The number of aryl methyl sites for hydroxylation is 2. The van der Waals surface area contributed by atoms with Crippen LogP contribution in [0, 0.1) is 6.92 Å². The molecule has 0 aliphatic carbocycles. The van der Waals surface area contributed by atoms with Crippen LogP contribution in [-0.4, -0.2) is 32.9 Å². The molecule has 28 heavy (non-hydrogen) atoms. The molecule has 2 aromatic heterocycles. The van der Waals surface area contributed by atoms with E-state index in [1.807, 2.05) is 13.0 Å². The second-order valence-corrected chi connectivity index (χ2v) is 7.20. The molecular weight excluding hydrogens is 380 g/mol. The van der Waals surface area contributed by atoms with E-state index in [4.69, 9.17) is 4.74 Å². The van der Waals surface area contributed by atoms with Gasteiger partial charge in [0.2, 0.25) is 5.91 Å². The third-order valence-corrected chi connectivity index (χ3v) is 5.55. The van der Waals surface area contributed by atoms with Gasteiger partial charge in [-0.3, -0.25) is 18.7 Å². The van der Waals surface area contributed by atoms with Gasteiger partial charge < -0.3 is 10.1 Å².